The molecular weight excluding hydrogens is 390 g/mol. The number of likely N-dealkylation sites (tertiary alicyclic amines) is 1. The molecule has 0 amide bonds. The van der Waals surface area contributed by atoms with E-state index in [1.807, 2.05) is 36.4 Å². The van der Waals surface area contributed by atoms with Crippen LogP contribution in [0.1, 0.15) is 36.0 Å². The third-order valence-corrected chi connectivity index (χ3v) is 7.79. The van der Waals surface area contributed by atoms with Gasteiger partial charge in [0.2, 0.25) is 0 Å². The first-order valence-electron chi connectivity index (χ1n) is 11.1. The molecule has 1 spiro atoms. The Morgan fingerprint density at radius 1 is 1.23 bits per heavy atom. The maximum Gasteiger partial charge on any atom is 0.336 e. The van der Waals surface area contributed by atoms with Crippen molar-refractivity contribution in [1.29, 1.82) is 0 Å². The van der Waals surface area contributed by atoms with Crippen LogP contribution in [0, 0.1) is 5.92 Å². The minimum Gasteiger partial charge on any atom is -0.477 e. The van der Waals surface area contributed by atoms with Crippen LogP contribution in [0.3, 0.4) is 0 Å². The van der Waals surface area contributed by atoms with Crippen LogP contribution in [0.4, 0.5) is 0 Å². The van der Waals surface area contributed by atoms with Gasteiger partial charge in [0.15, 0.2) is 23.4 Å². The molecule has 2 aliphatic heterocycles. The SMILES string of the molecule is CN1CC[C@]23c4c5ccc(OC(=O)/C=C/c6ccccc6)c4O[C@H]2C(=O)CC[C@H]3[C@H]1C5. The highest BCUT2D eigenvalue weighted by molar-refractivity contribution is 5.91. The molecule has 4 aliphatic rings. The van der Waals surface area contributed by atoms with Crippen LogP contribution < -0.4 is 9.47 Å². The van der Waals surface area contributed by atoms with E-state index >= 15 is 0 Å². The van der Waals surface area contributed by atoms with Gasteiger partial charge in [0.1, 0.15) is 0 Å². The van der Waals surface area contributed by atoms with Crippen LogP contribution in [-0.2, 0) is 21.4 Å². The molecule has 1 saturated carbocycles. The lowest BCUT2D eigenvalue weighted by atomic mass is 9.52. The average molecular weight is 415 g/mol. The largest absolute Gasteiger partial charge is 0.477 e. The Hall–Kier alpha value is -2.92. The van der Waals surface area contributed by atoms with E-state index in [1.165, 1.54) is 11.6 Å². The van der Waals surface area contributed by atoms with Gasteiger partial charge in [0.05, 0.1) is 0 Å². The molecule has 158 valence electrons. The molecule has 2 aliphatic carbocycles. The number of Topliss-reactive ketones (excluding diaryl/α,β-unsaturated/α-hetero) is 1. The van der Waals surface area contributed by atoms with Crippen molar-refractivity contribution >= 4 is 17.8 Å². The van der Waals surface area contributed by atoms with Crippen LogP contribution in [-0.4, -0.2) is 42.4 Å². The Bertz CT molecular complexity index is 1110. The molecule has 2 bridgehead atoms. The third kappa shape index (κ3) is 2.66. The van der Waals surface area contributed by atoms with Gasteiger partial charge in [0.25, 0.3) is 0 Å². The molecule has 1 saturated heterocycles. The fourth-order valence-electron chi connectivity index (χ4n) is 6.46. The lowest BCUT2D eigenvalue weighted by molar-refractivity contribution is -0.138. The van der Waals surface area contributed by atoms with Gasteiger partial charge in [-0.25, -0.2) is 4.79 Å². The van der Waals surface area contributed by atoms with Crippen molar-refractivity contribution in [2.24, 2.45) is 5.92 Å². The summed E-state index contributed by atoms with van der Waals surface area (Å²) in [5, 5.41) is 0. The molecule has 2 fully saturated rings. The number of carbonyl (C=O) groups excluding carboxylic acids is 2. The number of rotatable bonds is 3. The van der Waals surface area contributed by atoms with Gasteiger partial charge in [-0.05, 0) is 62.0 Å². The summed E-state index contributed by atoms with van der Waals surface area (Å²) in [5.41, 5.74) is 3.04. The molecule has 5 heteroatoms. The second-order valence-electron chi connectivity index (χ2n) is 9.24. The molecule has 0 radical (unpaired) electrons. The van der Waals surface area contributed by atoms with E-state index in [0.717, 1.165) is 36.9 Å². The van der Waals surface area contributed by atoms with Crippen molar-refractivity contribution in [3.05, 3.63) is 65.2 Å². The first-order valence-corrected chi connectivity index (χ1v) is 11.1. The van der Waals surface area contributed by atoms with Crippen molar-refractivity contribution in [3.63, 3.8) is 0 Å². The zero-order chi connectivity index (χ0) is 21.2. The van der Waals surface area contributed by atoms with Gasteiger partial charge < -0.3 is 14.4 Å². The van der Waals surface area contributed by atoms with Crippen molar-refractivity contribution < 1.29 is 19.1 Å². The van der Waals surface area contributed by atoms with Gasteiger partial charge >= 0.3 is 5.97 Å². The van der Waals surface area contributed by atoms with Crippen molar-refractivity contribution in [2.45, 2.75) is 43.2 Å². The summed E-state index contributed by atoms with van der Waals surface area (Å²) in [4.78, 5) is 27.9. The highest BCUT2D eigenvalue weighted by atomic mass is 16.6. The molecule has 0 aromatic heterocycles. The van der Waals surface area contributed by atoms with E-state index < -0.39 is 12.1 Å². The molecule has 6 rings (SSSR count). The number of carbonyl (C=O) groups is 2. The zero-order valence-electron chi connectivity index (χ0n) is 17.5. The van der Waals surface area contributed by atoms with Crippen LogP contribution in [0.25, 0.3) is 6.08 Å². The Labute approximate surface area is 181 Å². The molecule has 5 nitrogen and oxygen atoms in total. The van der Waals surface area contributed by atoms with Crippen LogP contribution in [0.2, 0.25) is 0 Å². The molecule has 2 aromatic carbocycles. The quantitative estimate of drug-likeness (QED) is 0.436. The first-order chi connectivity index (χ1) is 15.1. The molecule has 0 N–H and O–H groups in total. The summed E-state index contributed by atoms with van der Waals surface area (Å²) in [7, 11) is 2.19. The normalized spacial score (nSPS) is 30.7. The number of benzene rings is 2. The van der Waals surface area contributed by atoms with E-state index in [1.54, 1.807) is 6.08 Å². The Kier molecular flexibility index (Phi) is 4.12. The number of nitrogens with zero attached hydrogens (tertiary/aromatic N) is 1. The fraction of sp³-hybridized carbons (Fsp3) is 0.385. The Balaban J connectivity index is 1.38. The highest BCUT2D eigenvalue weighted by Gasteiger charge is 2.65. The van der Waals surface area contributed by atoms with E-state index in [2.05, 4.69) is 18.0 Å². The monoisotopic (exact) mass is 415 g/mol. The topological polar surface area (TPSA) is 55.8 Å². The van der Waals surface area contributed by atoms with E-state index in [0.29, 0.717) is 29.9 Å². The first kappa shape index (κ1) is 18.8. The minimum absolute atomic E-state index is 0.185. The molecule has 31 heavy (non-hydrogen) atoms. The lowest BCUT2D eigenvalue weighted by Gasteiger charge is -2.57. The average Bonchev–Trinajstić information content (AvgIpc) is 3.14. The second-order valence-corrected chi connectivity index (χ2v) is 9.24. The van der Waals surface area contributed by atoms with E-state index in [9.17, 15) is 9.59 Å². The summed E-state index contributed by atoms with van der Waals surface area (Å²) < 4.78 is 12.1. The molecule has 2 aromatic rings. The second kappa shape index (κ2) is 6.79. The van der Waals surface area contributed by atoms with E-state index in [-0.39, 0.29) is 11.2 Å². The van der Waals surface area contributed by atoms with Gasteiger partial charge in [-0.2, -0.15) is 0 Å². The number of ether oxygens (including phenoxy) is 2. The molecule has 2 heterocycles. The number of hydrogen-bond acceptors (Lipinski definition) is 5. The third-order valence-electron chi connectivity index (χ3n) is 7.79. The van der Waals surface area contributed by atoms with Crippen molar-refractivity contribution in [1.82, 2.24) is 4.90 Å². The number of hydrogen-bond donors (Lipinski definition) is 0. The van der Waals surface area contributed by atoms with Crippen LogP contribution in [0.15, 0.2) is 48.5 Å². The standard InChI is InChI=1S/C26H25NO4/c1-27-14-13-26-18-9-10-20(28)25(26)31-24-21(11-8-17(23(24)26)15-19(18)27)30-22(29)12-7-16-5-3-2-4-6-16/h2-8,11-12,18-19,25H,9-10,13-15H2,1H3/b12-7+/t18-,19+,25-,26-/m0/s1. The Morgan fingerprint density at radius 3 is 2.90 bits per heavy atom. The lowest BCUT2D eigenvalue weighted by Crippen LogP contribution is -2.65. The van der Waals surface area contributed by atoms with Crippen LogP contribution >= 0.6 is 0 Å². The predicted molar refractivity (Wildman–Crippen MR) is 116 cm³/mol. The van der Waals surface area contributed by atoms with Gasteiger partial charge in [-0.3, -0.25) is 4.79 Å². The summed E-state index contributed by atoms with van der Waals surface area (Å²) >= 11 is 0. The summed E-state index contributed by atoms with van der Waals surface area (Å²) in [6.45, 7) is 0.955. The van der Waals surface area contributed by atoms with Crippen LogP contribution in [0.5, 0.6) is 11.5 Å². The minimum atomic E-state index is -0.448. The summed E-state index contributed by atoms with van der Waals surface area (Å²) in [6.07, 6.45) is 6.07. The molecular formula is C26H25NO4. The van der Waals surface area contributed by atoms with Crippen molar-refractivity contribution in [3.8, 4) is 11.5 Å². The zero-order valence-corrected chi connectivity index (χ0v) is 17.5. The maximum absolute atomic E-state index is 12.9. The maximum atomic E-state index is 12.9. The molecule has 4 atom stereocenters. The number of ketones is 1. The summed E-state index contributed by atoms with van der Waals surface area (Å²) in [6, 6.07) is 14.0. The smallest absolute Gasteiger partial charge is 0.336 e. The van der Waals surface area contributed by atoms with Gasteiger partial charge in [-0.15, -0.1) is 0 Å². The number of likely N-dealkylation sites (N-methyl/N-ethyl adjacent to an activating group) is 1. The highest BCUT2D eigenvalue weighted by Crippen LogP contribution is 2.63. The molecule has 0 unspecified atom stereocenters. The number of piperidine rings is 1. The number of esters is 1. The van der Waals surface area contributed by atoms with E-state index in [4.69, 9.17) is 9.47 Å². The van der Waals surface area contributed by atoms with Gasteiger partial charge in [0, 0.05) is 29.5 Å². The predicted octanol–water partition coefficient (Wildman–Crippen LogP) is 3.54. The fourth-order valence-corrected chi connectivity index (χ4v) is 6.46. The van der Waals surface area contributed by atoms with Gasteiger partial charge in [-0.1, -0.05) is 36.4 Å². The van der Waals surface area contributed by atoms with Crippen molar-refractivity contribution in [2.75, 3.05) is 13.6 Å². The summed E-state index contributed by atoms with van der Waals surface area (Å²) in [5.74, 6) is 1.19. The Morgan fingerprint density at radius 2 is 2.06 bits per heavy atom.